The van der Waals surface area contributed by atoms with Gasteiger partial charge in [0, 0.05) is 6.54 Å². The summed E-state index contributed by atoms with van der Waals surface area (Å²) in [5, 5.41) is 14.9. The first-order chi connectivity index (χ1) is 14.0. The van der Waals surface area contributed by atoms with Crippen LogP contribution in [0.5, 0.6) is 11.5 Å². The van der Waals surface area contributed by atoms with Crippen molar-refractivity contribution in [2.75, 3.05) is 13.2 Å². The molecule has 2 rings (SSSR count). The van der Waals surface area contributed by atoms with Gasteiger partial charge in [0.2, 0.25) is 0 Å². The number of amides is 2. The molecule has 0 aliphatic heterocycles. The Morgan fingerprint density at radius 2 is 1.79 bits per heavy atom. The Balaban J connectivity index is 1.90. The first-order valence-corrected chi connectivity index (χ1v) is 8.76. The van der Waals surface area contributed by atoms with Gasteiger partial charge in [0.15, 0.2) is 18.1 Å². The summed E-state index contributed by atoms with van der Waals surface area (Å²) in [7, 11) is 0. The highest BCUT2D eigenvalue weighted by atomic mass is 16.5. The van der Waals surface area contributed by atoms with Crippen molar-refractivity contribution in [3.63, 3.8) is 0 Å². The lowest BCUT2D eigenvalue weighted by Crippen LogP contribution is -2.37. The third-order valence-corrected chi connectivity index (χ3v) is 3.50. The van der Waals surface area contributed by atoms with E-state index in [2.05, 4.69) is 15.8 Å². The molecule has 2 amide bonds. The minimum atomic E-state index is -1.11. The number of carbonyl (C=O) groups excluding carboxylic acids is 2. The maximum atomic E-state index is 11.8. The summed E-state index contributed by atoms with van der Waals surface area (Å²) < 4.78 is 10.6. The largest absolute Gasteiger partial charge is 0.490 e. The normalized spacial score (nSPS) is 10.4. The van der Waals surface area contributed by atoms with Crippen LogP contribution in [0.1, 0.15) is 18.1 Å². The molecule has 0 fully saturated rings. The monoisotopic (exact) mass is 399 g/mol. The van der Waals surface area contributed by atoms with Gasteiger partial charge in [-0.2, -0.15) is 5.10 Å². The van der Waals surface area contributed by atoms with Crippen molar-refractivity contribution in [2.24, 2.45) is 5.10 Å². The molecule has 2 aromatic carbocycles. The molecule has 0 radical (unpaired) electrons. The molecular weight excluding hydrogens is 378 g/mol. The minimum Gasteiger partial charge on any atom is -0.490 e. The maximum absolute atomic E-state index is 11.8. The topological polar surface area (TPSA) is 126 Å². The van der Waals surface area contributed by atoms with Gasteiger partial charge in [-0.15, -0.1) is 0 Å². The van der Waals surface area contributed by atoms with Crippen molar-refractivity contribution >= 4 is 24.0 Å². The molecule has 152 valence electrons. The number of carboxylic acids is 1. The van der Waals surface area contributed by atoms with Crippen molar-refractivity contribution in [1.29, 1.82) is 0 Å². The highest BCUT2D eigenvalue weighted by molar-refractivity contribution is 6.35. The molecule has 0 aliphatic carbocycles. The Morgan fingerprint density at radius 3 is 2.48 bits per heavy atom. The third kappa shape index (κ3) is 7.33. The van der Waals surface area contributed by atoms with Gasteiger partial charge in [-0.1, -0.05) is 30.3 Å². The van der Waals surface area contributed by atoms with Gasteiger partial charge >= 0.3 is 17.8 Å². The smallest absolute Gasteiger partial charge is 0.341 e. The summed E-state index contributed by atoms with van der Waals surface area (Å²) in [4.78, 5) is 34.2. The van der Waals surface area contributed by atoms with Crippen molar-refractivity contribution < 1.29 is 29.0 Å². The second kappa shape index (κ2) is 11.1. The van der Waals surface area contributed by atoms with Gasteiger partial charge < -0.3 is 19.9 Å². The average molecular weight is 399 g/mol. The van der Waals surface area contributed by atoms with Crippen LogP contribution < -0.4 is 20.2 Å². The van der Waals surface area contributed by atoms with E-state index in [0.29, 0.717) is 17.9 Å². The van der Waals surface area contributed by atoms with E-state index < -0.39 is 24.4 Å². The molecule has 2 aromatic rings. The summed E-state index contributed by atoms with van der Waals surface area (Å²) in [6.45, 7) is 1.85. The second-order valence-corrected chi connectivity index (χ2v) is 5.69. The number of hydrazone groups is 1. The van der Waals surface area contributed by atoms with Gasteiger partial charge in [0.25, 0.3) is 0 Å². The number of hydrogen-bond acceptors (Lipinski definition) is 6. The van der Waals surface area contributed by atoms with Crippen LogP contribution in [0.15, 0.2) is 53.6 Å². The van der Waals surface area contributed by atoms with Crippen LogP contribution in [0.25, 0.3) is 0 Å². The number of nitrogens with one attached hydrogen (secondary N) is 2. The zero-order chi connectivity index (χ0) is 21.1. The molecular formula is C20H21N3O6. The zero-order valence-electron chi connectivity index (χ0n) is 15.8. The Bertz CT molecular complexity index is 883. The first-order valence-electron chi connectivity index (χ1n) is 8.76. The van der Waals surface area contributed by atoms with Gasteiger partial charge in [0.1, 0.15) is 0 Å². The lowest BCUT2D eigenvalue weighted by Gasteiger charge is -2.11. The molecule has 0 bridgehead atoms. The maximum Gasteiger partial charge on any atom is 0.341 e. The molecule has 9 heteroatoms. The molecule has 0 aromatic heterocycles. The summed E-state index contributed by atoms with van der Waals surface area (Å²) >= 11 is 0. The fourth-order valence-electron chi connectivity index (χ4n) is 2.21. The van der Waals surface area contributed by atoms with Gasteiger partial charge in [-0.3, -0.25) is 9.59 Å². The number of rotatable bonds is 9. The van der Waals surface area contributed by atoms with Crippen LogP contribution in [0.3, 0.4) is 0 Å². The minimum absolute atomic E-state index is 0.229. The summed E-state index contributed by atoms with van der Waals surface area (Å²) in [5.41, 5.74) is 3.57. The van der Waals surface area contributed by atoms with E-state index in [-0.39, 0.29) is 12.3 Å². The van der Waals surface area contributed by atoms with Crippen LogP contribution in [0.4, 0.5) is 0 Å². The molecule has 0 unspecified atom stereocenters. The van der Waals surface area contributed by atoms with Crippen molar-refractivity contribution in [1.82, 2.24) is 10.7 Å². The molecule has 29 heavy (non-hydrogen) atoms. The number of aliphatic carboxylic acids is 1. The predicted molar refractivity (Wildman–Crippen MR) is 105 cm³/mol. The summed E-state index contributed by atoms with van der Waals surface area (Å²) in [6.07, 6.45) is 1.33. The number of ether oxygens (including phenoxy) is 2. The van der Waals surface area contributed by atoms with E-state index in [1.807, 2.05) is 30.3 Å². The van der Waals surface area contributed by atoms with E-state index in [4.69, 9.17) is 14.6 Å². The molecule has 0 spiro atoms. The Hall–Kier alpha value is -3.88. The number of benzene rings is 2. The Morgan fingerprint density at radius 1 is 1.03 bits per heavy atom. The van der Waals surface area contributed by atoms with E-state index in [0.717, 1.165) is 5.56 Å². The van der Waals surface area contributed by atoms with Crippen LogP contribution >= 0.6 is 0 Å². The van der Waals surface area contributed by atoms with Crippen LogP contribution in [-0.2, 0) is 20.9 Å². The molecule has 3 N–H and O–H groups in total. The Labute approximate surface area is 167 Å². The molecule has 0 atom stereocenters. The van der Waals surface area contributed by atoms with E-state index in [1.54, 1.807) is 19.1 Å². The van der Waals surface area contributed by atoms with Crippen LogP contribution in [0, 0.1) is 0 Å². The van der Waals surface area contributed by atoms with E-state index in [9.17, 15) is 14.4 Å². The lowest BCUT2D eigenvalue weighted by atomic mass is 10.2. The quantitative estimate of drug-likeness (QED) is 0.332. The Kier molecular flexibility index (Phi) is 8.18. The summed E-state index contributed by atoms with van der Waals surface area (Å²) in [5.74, 6) is -2.20. The molecule has 0 saturated heterocycles. The van der Waals surface area contributed by atoms with Crippen LogP contribution in [0.2, 0.25) is 0 Å². The van der Waals surface area contributed by atoms with Gasteiger partial charge in [0.05, 0.1) is 12.8 Å². The van der Waals surface area contributed by atoms with Crippen molar-refractivity contribution in [2.45, 2.75) is 13.5 Å². The highest BCUT2D eigenvalue weighted by Crippen LogP contribution is 2.28. The van der Waals surface area contributed by atoms with Crippen LogP contribution in [-0.4, -0.2) is 42.3 Å². The molecule has 0 aliphatic rings. The molecule has 9 nitrogen and oxygen atoms in total. The van der Waals surface area contributed by atoms with Crippen molar-refractivity contribution in [3.05, 3.63) is 59.7 Å². The fourth-order valence-corrected chi connectivity index (χ4v) is 2.21. The predicted octanol–water partition coefficient (Wildman–Crippen LogP) is 1.32. The summed E-state index contributed by atoms with van der Waals surface area (Å²) in [6, 6.07) is 13.9. The van der Waals surface area contributed by atoms with Crippen molar-refractivity contribution in [3.8, 4) is 11.5 Å². The number of carboxylic acid groups (broad SMARTS) is 1. The molecule has 0 heterocycles. The zero-order valence-corrected chi connectivity index (χ0v) is 15.8. The number of carbonyl (C=O) groups is 3. The third-order valence-electron chi connectivity index (χ3n) is 3.50. The average Bonchev–Trinajstić information content (AvgIpc) is 2.72. The second-order valence-electron chi connectivity index (χ2n) is 5.69. The first kappa shape index (κ1) is 21.4. The molecule has 0 saturated carbocycles. The van der Waals surface area contributed by atoms with Gasteiger partial charge in [-0.05, 0) is 36.2 Å². The van der Waals surface area contributed by atoms with Gasteiger partial charge in [-0.25, -0.2) is 10.2 Å². The highest BCUT2D eigenvalue weighted by Gasteiger charge is 2.12. The fraction of sp³-hybridized carbons (Fsp3) is 0.200. The lowest BCUT2D eigenvalue weighted by molar-refractivity contribution is -0.139. The standard InChI is InChI=1S/C20H21N3O6/c1-2-28-17-10-15(8-9-16(17)29-13-18(24)25)12-22-23-20(27)19(26)21-11-14-6-4-3-5-7-14/h3-10,12H,2,11,13H2,1H3,(H,21,26)(H,23,27)(H,24,25)/b22-12-. The number of nitrogens with zero attached hydrogens (tertiary/aromatic N) is 1. The van der Waals surface area contributed by atoms with E-state index >= 15 is 0 Å². The number of hydrogen-bond donors (Lipinski definition) is 3. The van der Waals surface area contributed by atoms with E-state index in [1.165, 1.54) is 12.3 Å². The SMILES string of the molecule is CCOc1cc(/C=N\NC(=O)C(=O)NCc2ccccc2)ccc1OCC(=O)O.